The molecule has 1 saturated heterocycles. The third kappa shape index (κ3) is 4.82. The van der Waals surface area contributed by atoms with E-state index >= 15 is 0 Å². The number of rotatable bonds is 7. The maximum Gasteiger partial charge on any atom is 0.162 e. The van der Waals surface area contributed by atoms with E-state index < -0.39 is 5.79 Å². The molecule has 0 aromatic rings. The van der Waals surface area contributed by atoms with Crippen LogP contribution >= 0.6 is 0 Å². The number of hydrogen-bond acceptors (Lipinski definition) is 4. The fourth-order valence-corrected chi connectivity index (χ4v) is 1.67. The van der Waals surface area contributed by atoms with Gasteiger partial charge < -0.3 is 14.2 Å². The highest BCUT2D eigenvalue weighted by Crippen LogP contribution is 2.30. The zero-order valence-electron chi connectivity index (χ0n) is 11.5. The van der Waals surface area contributed by atoms with Gasteiger partial charge in [-0.3, -0.25) is 0 Å². The molecule has 0 aliphatic carbocycles. The van der Waals surface area contributed by atoms with E-state index in [0.29, 0.717) is 26.4 Å². The highest BCUT2D eigenvalue weighted by Gasteiger charge is 2.40. The van der Waals surface area contributed by atoms with E-state index in [4.69, 9.17) is 19.7 Å². The summed E-state index contributed by atoms with van der Waals surface area (Å²) >= 11 is 0. The van der Waals surface area contributed by atoms with Gasteiger partial charge in [0.1, 0.15) is 0 Å². The Morgan fingerprint density at radius 3 is 2.56 bits per heavy atom. The topological polar surface area (TPSA) is 76.5 Å². The Balaban J connectivity index is 2.51. The Hall–Kier alpha value is -0.810. The molecule has 104 valence electrons. The van der Waals surface area contributed by atoms with Crippen molar-refractivity contribution in [3.63, 3.8) is 0 Å². The number of hydrogen-bond donors (Lipinski definition) is 0. The molecule has 1 aliphatic rings. The third-order valence-corrected chi connectivity index (χ3v) is 2.97. The molecule has 1 fully saturated rings. The van der Waals surface area contributed by atoms with Gasteiger partial charge in [-0.2, -0.15) is 0 Å². The quantitative estimate of drug-likeness (QED) is 0.304. The standard InChI is InChI=1S/C12H23N3O3/c1-4-5-6-16-8-12(7-14-15-13)9-17-11(2,3)18-10-12/h4-10H2,1-3H3. The molecule has 0 unspecified atom stereocenters. The SMILES string of the molecule is CCCCOCC1(CN=[N+]=[N-])COC(C)(C)OC1. The van der Waals surface area contributed by atoms with Crippen molar-refractivity contribution in [3.8, 4) is 0 Å². The molecule has 6 nitrogen and oxygen atoms in total. The number of nitrogens with zero attached hydrogens (tertiary/aromatic N) is 3. The van der Waals surface area contributed by atoms with Crippen LogP contribution in [0.4, 0.5) is 0 Å². The van der Waals surface area contributed by atoms with Gasteiger partial charge in [-0.05, 0) is 25.8 Å². The molecular formula is C12H23N3O3. The fraction of sp³-hybridized carbons (Fsp3) is 1.00. The van der Waals surface area contributed by atoms with Crippen LogP contribution < -0.4 is 0 Å². The van der Waals surface area contributed by atoms with E-state index in [-0.39, 0.29) is 5.41 Å². The Morgan fingerprint density at radius 2 is 2.00 bits per heavy atom. The normalized spacial score (nSPS) is 21.3. The van der Waals surface area contributed by atoms with Crippen molar-refractivity contribution < 1.29 is 14.2 Å². The Labute approximate surface area is 108 Å². The molecule has 0 N–H and O–H groups in total. The van der Waals surface area contributed by atoms with Crippen LogP contribution in [0.1, 0.15) is 33.6 Å². The molecular weight excluding hydrogens is 234 g/mol. The zero-order valence-corrected chi connectivity index (χ0v) is 11.5. The molecule has 0 saturated carbocycles. The Kier molecular flexibility index (Phi) is 5.88. The zero-order chi connectivity index (χ0) is 13.5. The molecule has 0 aromatic carbocycles. The van der Waals surface area contributed by atoms with Crippen molar-refractivity contribution in [2.75, 3.05) is 33.0 Å². The lowest BCUT2D eigenvalue weighted by Crippen LogP contribution is -2.50. The van der Waals surface area contributed by atoms with Gasteiger partial charge in [0.2, 0.25) is 0 Å². The van der Waals surface area contributed by atoms with Crippen molar-refractivity contribution in [1.29, 1.82) is 0 Å². The van der Waals surface area contributed by atoms with Crippen molar-refractivity contribution in [2.45, 2.75) is 39.4 Å². The van der Waals surface area contributed by atoms with Crippen LogP contribution in [-0.4, -0.2) is 38.8 Å². The summed E-state index contributed by atoms with van der Waals surface area (Å²) in [5, 5.41) is 3.65. The third-order valence-electron chi connectivity index (χ3n) is 2.97. The molecule has 1 rings (SSSR count). The molecule has 1 heterocycles. The summed E-state index contributed by atoms with van der Waals surface area (Å²) < 4.78 is 16.9. The van der Waals surface area contributed by atoms with Gasteiger partial charge in [0.25, 0.3) is 0 Å². The number of ether oxygens (including phenoxy) is 3. The molecule has 0 aromatic heterocycles. The lowest BCUT2D eigenvalue weighted by Gasteiger charge is -2.42. The minimum atomic E-state index is -0.566. The van der Waals surface area contributed by atoms with Crippen LogP contribution in [0, 0.1) is 5.41 Å². The van der Waals surface area contributed by atoms with Crippen LogP contribution in [0.3, 0.4) is 0 Å². The second-order valence-electron chi connectivity index (χ2n) is 5.27. The van der Waals surface area contributed by atoms with Crippen LogP contribution in [0.15, 0.2) is 5.11 Å². The van der Waals surface area contributed by atoms with Gasteiger partial charge >= 0.3 is 0 Å². The highest BCUT2D eigenvalue weighted by molar-refractivity contribution is 4.86. The first kappa shape index (κ1) is 15.2. The van der Waals surface area contributed by atoms with Crippen LogP contribution in [0.5, 0.6) is 0 Å². The lowest BCUT2D eigenvalue weighted by molar-refractivity contribution is -0.289. The minimum absolute atomic E-state index is 0.339. The van der Waals surface area contributed by atoms with Crippen LogP contribution in [0.25, 0.3) is 10.4 Å². The lowest BCUT2D eigenvalue weighted by atomic mass is 9.90. The second-order valence-corrected chi connectivity index (χ2v) is 5.27. The predicted octanol–water partition coefficient (Wildman–Crippen LogP) is 2.88. The summed E-state index contributed by atoms with van der Waals surface area (Å²) in [6.45, 7) is 8.42. The fourth-order valence-electron chi connectivity index (χ4n) is 1.67. The van der Waals surface area contributed by atoms with E-state index in [1.165, 1.54) is 0 Å². The van der Waals surface area contributed by atoms with Crippen molar-refractivity contribution in [1.82, 2.24) is 0 Å². The summed E-state index contributed by atoms with van der Waals surface area (Å²) in [5.74, 6) is -0.566. The summed E-state index contributed by atoms with van der Waals surface area (Å²) in [4.78, 5) is 2.81. The number of unbranched alkanes of at least 4 members (excludes halogenated alkanes) is 1. The van der Waals surface area contributed by atoms with Crippen LogP contribution in [-0.2, 0) is 14.2 Å². The van der Waals surface area contributed by atoms with Crippen molar-refractivity contribution >= 4 is 0 Å². The van der Waals surface area contributed by atoms with Gasteiger partial charge in [0.15, 0.2) is 5.79 Å². The summed E-state index contributed by atoms with van der Waals surface area (Å²) in [6.07, 6.45) is 2.13. The van der Waals surface area contributed by atoms with E-state index in [9.17, 15) is 0 Å². The molecule has 18 heavy (non-hydrogen) atoms. The first-order chi connectivity index (χ1) is 8.54. The molecule has 0 bridgehead atoms. The second kappa shape index (κ2) is 6.95. The van der Waals surface area contributed by atoms with Crippen molar-refractivity contribution in [2.24, 2.45) is 10.5 Å². The Morgan fingerprint density at radius 1 is 1.33 bits per heavy atom. The largest absolute Gasteiger partial charge is 0.381 e. The average Bonchev–Trinajstić information content (AvgIpc) is 2.35. The van der Waals surface area contributed by atoms with Crippen molar-refractivity contribution in [3.05, 3.63) is 10.4 Å². The van der Waals surface area contributed by atoms with Gasteiger partial charge in [-0.25, -0.2) is 0 Å². The average molecular weight is 257 g/mol. The van der Waals surface area contributed by atoms with E-state index in [2.05, 4.69) is 16.9 Å². The summed E-state index contributed by atoms with van der Waals surface area (Å²) in [5.41, 5.74) is 8.11. The molecule has 0 atom stereocenters. The monoisotopic (exact) mass is 257 g/mol. The van der Waals surface area contributed by atoms with E-state index in [1.807, 2.05) is 13.8 Å². The van der Waals surface area contributed by atoms with E-state index in [1.54, 1.807) is 0 Å². The first-order valence-corrected chi connectivity index (χ1v) is 6.40. The first-order valence-electron chi connectivity index (χ1n) is 6.40. The van der Waals surface area contributed by atoms with E-state index in [0.717, 1.165) is 19.4 Å². The summed E-state index contributed by atoms with van der Waals surface area (Å²) in [7, 11) is 0. The van der Waals surface area contributed by atoms with Crippen LogP contribution in [0.2, 0.25) is 0 Å². The highest BCUT2D eigenvalue weighted by atomic mass is 16.7. The predicted molar refractivity (Wildman–Crippen MR) is 68.2 cm³/mol. The summed E-state index contributed by atoms with van der Waals surface area (Å²) in [6, 6.07) is 0. The molecule has 0 spiro atoms. The van der Waals surface area contributed by atoms with Gasteiger partial charge in [-0.1, -0.05) is 18.5 Å². The maximum absolute atomic E-state index is 8.46. The molecule has 0 radical (unpaired) electrons. The van der Waals surface area contributed by atoms with Gasteiger partial charge in [0.05, 0.1) is 19.8 Å². The molecule has 0 amide bonds. The van der Waals surface area contributed by atoms with Gasteiger partial charge in [0, 0.05) is 23.5 Å². The Bertz CT molecular complexity index is 291. The number of azide groups is 1. The smallest absolute Gasteiger partial charge is 0.162 e. The minimum Gasteiger partial charge on any atom is -0.381 e. The molecule has 6 heteroatoms. The molecule has 1 aliphatic heterocycles. The van der Waals surface area contributed by atoms with Gasteiger partial charge in [-0.15, -0.1) is 0 Å². The maximum atomic E-state index is 8.46.